The lowest BCUT2D eigenvalue weighted by Gasteiger charge is -2.32. The van der Waals surface area contributed by atoms with Gasteiger partial charge in [-0.2, -0.15) is 0 Å². The predicted molar refractivity (Wildman–Crippen MR) is 102 cm³/mol. The van der Waals surface area contributed by atoms with E-state index >= 15 is 0 Å². The van der Waals surface area contributed by atoms with Crippen molar-refractivity contribution in [3.05, 3.63) is 29.8 Å². The van der Waals surface area contributed by atoms with Crippen LogP contribution in [0.4, 0.5) is 0 Å². The molecule has 1 saturated heterocycles. The van der Waals surface area contributed by atoms with Crippen LogP contribution >= 0.6 is 0 Å². The first-order valence-corrected chi connectivity index (χ1v) is 10.1. The summed E-state index contributed by atoms with van der Waals surface area (Å²) >= 11 is 0. The Kier molecular flexibility index (Phi) is 6.70. The van der Waals surface area contributed by atoms with Crippen molar-refractivity contribution in [2.24, 2.45) is 11.8 Å². The Hall–Kier alpha value is -1.84. The molecule has 0 bridgehead atoms. The van der Waals surface area contributed by atoms with Gasteiger partial charge in [-0.3, -0.25) is 9.59 Å². The maximum atomic E-state index is 12.7. The number of ketones is 1. The van der Waals surface area contributed by atoms with Crippen molar-refractivity contribution in [2.75, 3.05) is 20.2 Å². The van der Waals surface area contributed by atoms with Gasteiger partial charge in [0.25, 0.3) is 0 Å². The van der Waals surface area contributed by atoms with Crippen LogP contribution in [-0.2, 0) is 4.79 Å². The second kappa shape index (κ2) is 9.20. The van der Waals surface area contributed by atoms with E-state index in [1.807, 2.05) is 29.2 Å². The van der Waals surface area contributed by atoms with Gasteiger partial charge < -0.3 is 9.64 Å². The Labute approximate surface area is 156 Å². The lowest BCUT2D eigenvalue weighted by molar-refractivity contribution is -0.132. The van der Waals surface area contributed by atoms with Crippen LogP contribution in [0.1, 0.15) is 68.1 Å². The first-order valence-electron chi connectivity index (χ1n) is 10.1. The summed E-state index contributed by atoms with van der Waals surface area (Å²) < 4.78 is 5.15. The zero-order chi connectivity index (χ0) is 18.4. The van der Waals surface area contributed by atoms with E-state index in [1.165, 1.54) is 32.1 Å². The Morgan fingerprint density at radius 2 is 1.65 bits per heavy atom. The molecule has 0 spiro atoms. The van der Waals surface area contributed by atoms with E-state index in [4.69, 9.17) is 4.74 Å². The Morgan fingerprint density at radius 3 is 2.27 bits per heavy atom. The minimum atomic E-state index is 0.0331. The molecular weight excluding hydrogens is 326 g/mol. The summed E-state index contributed by atoms with van der Waals surface area (Å²) in [6.07, 6.45) is 9.90. The maximum absolute atomic E-state index is 12.7. The zero-order valence-electron chi connectivity index (χ0n) is 15.9. The lowest BCUT2D eigenvalue weighted by Crippen LogP contribution is -2.40. The molecule has 1 aromatic rings. The highest BCUT2D eigenvalue weighted by molar-refractivity contribution is 5.98. The first-order chi connectivity index (χ1) is 12.7. The van der Waals surface area contributed by atoms with Crippen LogP contribution in [0.15, 0.2) is 24.3 Å². The smallest absolute Gasteiger partial charge is 0.222 e. The normalized spacial score (nSPS) is 19.3. The van der Waals surface area contributed by atoms with E-state index in [0.717, 1.165) is 49.6 Å². The molecule has 3 rings (SSSR count). The third-order valence-electron chi connectivity index (χ3n) is 6.08. The van der Waals surface area contributed by atoms with Crippen molar-refractivity contribution in [3.63, 3.8) is 0 Å². The molecule has 1 saturated carbocycles. The van der Waals surface area contributed by atoms with Gasteiger partial charge in [0, 0.05) is 31.0 Å². The molecule has 142 valence electrons. The summed E-state index contributed by atoms with van der Waals surface area (Å²) in [7, 11) is 1.62. The molecular formula is C22H31NO3. The largest absolute Gasteiger partial charge is 0.497 e. The van der Waals surface area contributed by atoms with Crippen molar-refractivity contribution in [2.45, 2.75) is 57.8 Å². The molecule has 0 radical (unpaired) electrons. The molecule has 0 atom stereocenters. The van der Waals surface area contributed by atoms with Crippen molar-refractivity contribution in [3.8, 4) is 5.75 Å². The topological polar surface area (TPSA) is 46.6 Å². The average Bonchev–Trinajstić information content (AvgIpc) is 2.72. The van der Waals surface area contributed by atoms with Crippen LogP contribution in [-0.4, -0.2) is 36.8 Å². The summed E-state index contributed by atoms with van der Waals surface area (Å²) in [5.74, 6) is 2.03. The van der Waals surface area contributed by atoms with Crippen LogP contribution in [0, 0.1) is 11.8 Å². The van der Waals surface area contributed by atoms with Crippen molar-refractivity contribution in [1.82, 2.24) is 4.90 Å². The van der Waals surface area contributed by atoms with Gasteiger partial charge in [-0.05, 0) is 49.4 Å². The molecule has 1 amide bonds. The molecule has 2 aliphatic rings. The molecule has 1 heterocycles. The lowest BCUT2D eigenvalue weighted by atomic mass is 9.85. The van der Waals surface area contributed by atoms with Crippen LogP contribution in [0.3, 0.4) is 0 Å². The third kappa shape index (κ3) is 4.87. The number of amides is 1. The van der Waals surface area contributed by atoms with Crippen LogP contribution in [0.25, 0.3) is 0 Å². The zero-order valence-corrected chi connectivity index (χ0v) is 15.9. The molecule has 4 heteroatoms. The van der Waals surface area contributed by atoms with E-state index in [2.05, 4.69) is 0 Å². The second-order valence-electron chi connectivity index (χ2n) is 7.79. The summed E-state index contributed by atoms with van der Waals surface area (Å²) in [6, 6.07) is 7.33. The van der Waals surface area contributed by atoms with Gasteiger partial charge in [-0.15, -0.1) is 0 Å². The monoisotopic (exact) mass is 357 g/mol. The molecule has 26 heavy (non-hydrogen) atoms. The van der Waals surface area contributed by atoms with E-state index in [-0.39, 0.29) is 17.6 Å². The molecule has 4 nitrogen and oxygen atoms in total. The molecule has 0 unspecified atom stereocenters. The van der Waals surface area contributed by atoms with Crippen LogP contribution < -0.4 is 4.74 Å². The third-order valence-corrected chi connectivity index (χ3v) is 6.08. The quantitative estimate of drug-likeness (QED) is 0.705. The van der Waals surface area contributed by atoms with E-state index < -0.39 is 0 Å². The van der Waals surface area contributed by atoms with Gasteiger partial charge in [0.1, 0.15) is 5.75 Å². The summed E-state index contributed by atoms with van der Waals surface area (Å²) in [5.41, 5.74) is 0.743. The highest BCUT2D eigenvalue weighted by Gasteiger charge is 2.28. The highest BCUT2D eigenvalue weighted by atomic mass is 16.5. The van der Waals surface area contributed by atoms with Crippen molar-refractivity contribution in [1.29, 1.82) is 0 Å². The average molecular weight is 357 g/mol. The standard InChI is InChI=1S/C22H31NO3/c1-26-20-10-8-18(9-11-20)22(25)19-13-15-23(16-14-19)21(24)12-7-17-5-3-2-4-6-17/h8-11,17,19H,2-7,12-16H2,1H3. The number of nitrogens with zero attached hydrogens (tertiary/aromatic N) is 1. The first kappa shape index (κ1) is 18.9. The Bertz CT molecular complexity index is 596. The second-order valence-corrected chi connectivity index (χ2v) is 7.79. The Morgan fingerprint density at radius 1 is 1.00 bits per heavy atom. The highest BCUT2D eigenvalue weighted by Crippen LogP contribution is 2.28. The summed E-state index contributed by atoms with van der Waals surface area (Å²) in [5, 5.41) is 0. The van der Waals surface area contributed by atoms with Crippen LogP contribution in [0.5, 0.6) is 5.75 Å². The minimum absolute atomic E-state index is 0.0331. The number of piperidine rings is 1. The number of Topliss-reactive ketones (excluding diaryl/α,β-unsaturated/α-hetero) is 1. The fourth-order valence-corrected chi connectivity index (χ4v) is 4.34. The van der Waals surface area contributed by atoms with Gasteiger partial charge in [0.15, 0.2) is 5.78 Å². The number of benzene rings is 1. The number of hydrogen-bond donors (Lipinski definition) is 0. The molecule has 1 aliphatic heterocycles. The SMILES string of the molecule is COc1ccc(C(=O)C2CCN(C(=O)CCC3CCCCC3)CC2)cc1. The summed E-state index contributed by atoms with van der Waals surface area (Å²) in [6.45, 7) is 1.44. The Balaban J connectivity index is 1.44. The fourth-order valence-electron chi connectivity index (χ4n) is 4.34. The molecule has 0 aromatic heterocycles. The van der Waals surface area contributed by atoms with Crippen molar-refractivity contribution >= 4 is 11.7 Å². The van der Waals surface area contributed by atoms with Gasteiger partial charge in [0.05, 0.1) is 7.11 Å². The van der Waals surface area contributed by atoms with Crippen LogP contribution in [0.2, 0.25) is 0 Å². The van der Waals surface area contributed by atoms with Gasteiger partial charge in [-0.25, -0.2) is 0 Å². The molecule has 1 aliphatic carbocycles. The van der Waals surface area contributed by atoms with Gasteiger partial charge in [-0.1, -0.05) is 32.1 Å². The number of hydrogen-bond acceptors (Lipinski definition) is 3. The predicted octanol–water partition coefficient (Wildman–Crippen LogP) is 4.48. The van der Waals surface area contributed by atoms with Crippen molar-refractivity contribution < 1.29 is 14.3 Å². The fraction of sp³-hybridized carbons (Fsp3) is 0.636. The van der Waals surface area contributed by atoms with E-state index in [0.29, 0.717) is 6.42 Å². The van der Waals surface area contributed by atoms with Gasteiger partial charge >= 0.3 is 0 Å². The number of rotatable bonds is 6. The number of carbonyl (C=O) groups is 2. The summed E-state index contributed by atoms with van der Waals surface area (Å²) in [4.78, 5) is 27.1. The van der Waals surface area contributed by atoms with E-state index in [9.17, 15) is 9.59 Å². The number of methoxy groups -OCH3 is 1. The van der Waals surface area contributed by atoms with E-state index in [1.54, 1.807) is 7.11 Å². The number of ether oxygens (including phenoxy) is 1. The number of carbonyl (C=O) groups excluding carboxylic acids is 2. The number of likely N-dealkylation sites (tertiary alicyclic amines) is 1. The molecule has 1 aromatic carbocycles. The minimum Gasteiger partial charge on any atom is -0.497 e. The molecule has 0 N–H and O–H groups in total. The molecule has 2 fully saturated rings. The maximum Gasteiger partial charge on any atom is 0.222 e. The van der Waals surface area contributed by atoms with Gasteiger partial charge in [0.2, 0.25) is 5.91 Å².